The number of hydrogen-bond acceptors (Lipinski definition) is 3. The SMILES string of the molecule is O=C(c1ccccc1)N1CCC[C@@](CCCN2CCC(O)(c3ccccc3)CC2)(c2ccc(Cl)c(Cl)c2)C1. The maximum absolute atomic E-state index is 13.4. The molecule has 5 rings (SSSR count). The molecule has 1 N–H and O–H groups in total. The smallest absolute Gasteiger partial charge is 0.253 e. The fraction of sp³-hybridized carbons (Fsp3) is 0.406. The van der Waals surface area contributed by atoms with E-state index < -0.39 is 5.60 Å². The molecule has 0 bridgehead atoms. The first kappa shape index (κ1) is 27.2. The fourth-order valence-corrected chi connectivity index (χ4v) is 6.60. The summed E-state index contributed by atoms with van der Waals surface area (Å²) in [7, 11) is 0. The van der Waals surface area contributed by atoms with Crippen LogP contribution in [0.5, 0.6) is 0 Å². The van der Waals surface area contributed by atoms with E-state index >= 15 is 0 Å². The van der Waals surface area contributed by atoms with Crippen LogP contribution >= 0.6 is 23.2 Å². The predicted octanol–water partition coefficient (Wildman–Crippen LogP) is 6.93. The Balaban J connectivity index is 1.28. The minimum atomic E-state index is -0.735. The number of carbonyl (C=O) groups excluding carboxylic acids is 1. The molecule has 200 valence electrons. The van der Waals surface area contributed by atoms with Gasteiger partial charge in [-0.15, -0.1) is 0 Å². The lowest BCUT2D eigenvalue weighted by atomic mass is 9.70. The molecular weight excluding hydrogens is 515 g/mol. The molecule has 3 aromatic carbocycles. The lowest BCUT2D eigenvalue weighted by Crippen LogP contribution is -2.49. The first-order chi connectivity index (χ1) is 18.4. The van der Waals surface area contributed by atoms with E-state index in [0.717, 1.165) is 81.4 Å². The van der Waals surface area contributed by atoms with Crippen LogP contribution in [0, 0.1) is 0 Å². The minimum absolute atomic E-state index is 0.0889. The van der Waals surface area contributed by atoms with Crippen LogP contribution in [0.25, 0.3) is 0 Å². The van der Waals surface area contributed by atoms with Crippen molar-refractivity contribution in [2.24, 2.45) is 0 Å². The van der Waals surface area contributed by atoms with Gasteiger partial charge in [0.1, 0.15) is 0 Å². The molecule has 0 unspecified atom stereocenters. The highest BCUT2D eigenvalue weighted by Crippen LogP contribution is 2.41. The van der Waals surface area contributed by atoms with Crippen LogP contribution in [0.15, 0.2) is 78.9 Å². The number of piperidine rings is 2. The Morgan fingerprint density at radius 1 is 0.816 bits per heavy atom. The Hall–Kier alpha value is -2.37. The molecule has 3 aromatic rings. The van der Waals surface area contributed by atoms with Crippen molar-refractivity contribution in [3.8, 4) is 0 Å². The zero-order chi connectivity index (χ0) is 26.6. The fourth-order valence-electron chi connectivity index (χ4n) is 6.30. The molecule has 6 heteroatoms. The van der Waals surface area contributed by atoms with Crippen LogP contribution in [-0.4, -0.2) is 53.5 Å². The molecule has 0 radical (unpaired) electrons. The summed E-state index contributed by atoms with van der Waals surface area (Å²) in [4.78, 5) is 17.9. The van der Waals surface area contributed by atoms with Gasteiger partial charge in [-0.05, 0) is 80.5 Å². The largest absolute Gasteiger partial charge is 0.385 e. The van der Waals surface area contributed by atoms with E-state index in [0.29, 0.717) is 16.6 Å². The first-order valence-electron chi connectivity index (χ1n) is 13.7. The Morgan fingerprint density at radius 3 is 2.18 bits per heavy atom. The van der Waals surface area contributed by atoms with Crippen LogP contribution in [0.4, 0.5) is 0 Å². The molecule has 4 nitrogen and oxygen atoms in total. The third kappa shape index (κ3) is 5.94. The lowest BCUT2D eigenvalue weighted by molar-refractivity contribution is -0.0265. The first-order valence-corrected chi connectivity index (χ1v) is 14.4. The number of hydrogen-bond donors (Lipinski definition) is 1. The highest BCUT2D eigenvalue weighted by molar-refractivity contribution is 6.42. The third-order valence-electron chi connectivity index (χ3n) is 8.54. The summed E-state index contributed by atoms with van der Waals surface area (Å²) in [5, 5.41) is 12.3. The Morgan fingerprint density at radius 2 is 1.50 bits per heavy atom. The van der Waals surface area contributed by atoms with E-state index in [1.807, 2.05) is 77.7 Å². The normalized spacial score (nSPS) is 21.8. The summed E-state index contributed by atoms with van der Waals surface area (Å²) in [6.45, 7) is 4.17. The lowest BCUT2D eigenvalue weighted by Gasteiger charge is -2.44. The van der Waals surface area contributed by atoms with Crippen molar-refractivity contribution in [3.05, 3.63) is 106 Å². The van der Waals surface area contributed by atoms with Gasteiger partial charge in [0.05, 0.1) is 15.6 Å². The number of carbonyl (C=O) groups is 1. The molecule has 2 heterocycles. The molecule has 2 aliphatic heterocycles. The summed E-state index contributed by atoms with van der Waals surface area (Å²) in [5.74, 6) is 0.0889. The molecular formula is C32H36Cl2N2O2. The predicted molar refractivity (Wildman–Crippen MR) is 155 cm³/mol. The highest BCUT2D eigenvalue weighted by atomic mass is 35.5. The molecule has 2 fully saturated rings. The number of aliphatic hydroxyl groups is 1. The van der Waals surface area contributed by atoms with Gasteiger partial charge in [0, 0.05) is 37.2 Å². The van der Waals surface area contributed by atoms with Gasteiger partial charge in [0.2, 0.25) is 0 Å². The molecule has 0 aromatic heterocycles. The summed E-state index contributed by atoms with van der Waals surface area (Å²) < 4.78 is 0. The zero-order valence-corrected chi connectivity index (χ0v) is 23.3. The number of halogens is 2. The van der Waals surface area contributed by atoms with Crippen molar-refractivity contribution in [3.63, 3.8) is 0 Å². The summed E-state index contributed by atoms with van der Waals surface area (Å²) >= 11 is 12.8. The second kappa shape index (κ2) is 11.8. The Bertz CT molecular complexity index is 1230. The van der Waals surface area contributed by atoms with Gasteiger partial charge < -0.3 is 14.9 Å². The van der Waals surface area contributed by atoms with Gasteiger partial charge in [-0.25, -0.2) is 0 Å². The van der Waals surface area contributed by atoms with Crippen LogP contribution in [0.3, 0.4) is 0 Å². The van der Waals surface area contributed by atoms with Crippen molar-refractivity contribution in [2.75, 3.05) is 32.7 Å². The Kier molecular flexibility index (Phi) is 8.44. The molecule has 2 saturated heterocycles. The maximum Gasteiger partial charge on any atom is 0.253 e. The van der Waals surface area contributed by atoms with E-state index in [1.54, 1.807) is 0 Å². The van der Waals surface area contributed by atoms with E-state index in [-0.39, 0.29) is 11.3 Å². The number of benzene rings is 3. The Labute approximate surface area is 236 Å². The van der Waals surface area contributed by atoms with Crippen LogP contribution in [-0.2, 0) is 11.0 Å². The van der Waals surface area contributed by atoms with Gasteiger partial charge in [-0.3, -0.25) is 4.79 Å². The van der Waals surface area contributed by atoms with Gasteiger partial charge in [0.15, 0.2) is 0 Å². The third-order valence-corrected chi connectivity index (χ3v) is 9.28. The topological polar surface area (TPSA) is 43.8 Å². The summed E-state index contributed by atoms with van der Waals surface area (Å²) in [5.41, 5.74) is 2.01. The minimum Gasteiger partial charge on any atom is -0.385 e. The number of amides is 1. The molecule has 2 aliphatic rings. The van der Waals surface area contributed by atoms with E-state index in [2.05, 4.69) is 11.0 Å². The average molecular weight is 552 g/mol. The van der Waals surface area contributed by atoms with Crippen molar-refractivity contribution in [2.45, 2.75) is 49.5 Å². The van der Waals surface area contributed by atoms with Gasteiger partial charge in [0.25, 0.3) is 5.91 Å². The molecule has 1 atom stereocenters. The van der Waals surface area contributed by atoms with Crippen molar-refractivity contribution in [1.29, 1.82) is 0 Å². The van der Waals surface area contributed by atoms with E-state index in [9.17, 15) is 9.90 Å². The standard InChI is InChI=1S/C32H36Cl2N2O2/c33-28-14-13-27(23-29(28)34)31(16-8-20-36(24-31)30(37)25-9-3-1-4-10-25)15-7-19-35-21-17-32(38,18-22-35)26-11-5-2-6-12-26/h1-6,9-14,23,38H,7-8,15-22,24H2/t31-/m1/s1. The van der Waals surface area contributed by atoms with Crippen molar-refractivity contribution in [1.82, 2.24) is 9.80 Å². The molecule has 0 aliphatic carbocycles. The number of likely N-dealkylation sites (tertiary alicyclic amines) is 2. The van der Waals surface area contributed by atoms with Crippen molar-refractivity contribution < 1.29 is 9.90 Å². The average Bonchev–Trinajstić information content (AvgIpc) is 2.96. The molecule has 38 heavy (non-hydrogen) atoms. The van der Waals surface area contributed by atoms with Gasteiger partial charge >= 0.3 is 0 Å². The monoisotopic (exact) mass is 550 g/mol. The molecule has 0 saturated carbocycles. The molecule has 1 amide bonds. The van der Waals surface area contributed by atoms with Crippen LogP contribution in [0.1, 0.15) is 60.0 Å². The molecule has 0 spiro atoms. The van der Waals surface area contributed by atoms with E-state index in [1.165, 1.54) is 0 Å². The highest BCUT2D eigenvalue weighted by Gasteiger charge is 2.39. The summed E-state index contributed by atoms with van der Waals surface area (Å²) in [6.07, 6.45) is 5.42. The summed E-state index contributed by atoms with van der Waals surface area (Å²) in [6, 6.07) is 25.6. The number of rotatable bonds is 7. The second-order valence-corrected chi connectivity index (χ2v) is 11.8. The van der Waals surface area contributed by atoms with Crippen LogP contribution < -0.4 is 0 Å². The zero-order valence-electron chi connectivity index (χ0n) is 21.8. The van der Waals surface area contributed by atoms with Crippen molar-refractivity contribution >= 4 is 29.1 Å². The second-order valence-electron chi connectivity index (χ2n) is 10.9. The van der Waals surface area contributed by atoms with Gasteiger partial charge in [-0.2, -0.15) is 0 Å². The number of nitrogens with zero attached hydrogens (tertiary/aromatic N) is 2. The van der Waals surface area contributed by atoms with Crippen LogP contribution in [0.2, 0.25) is 10.0 Å². The maximum atomic E-state index is 13.4. The quantitative estimate of drug-likeness (QED) is 0.346. The van der Waals surface area contributed by atoms with E-state index in [4.69, 9.17) is 23.2 Å². The van der Waals surface area contributed by atoms with Gasteiger partial charge in [-0.1, -0.05) is 77.8 Å².